The highest BCUT2D eigenvalue weighted by Gasteiger charge is 2.22. The highest BCUT2D eigenvalue weighted by molar-refractivity contribution is 5.80. The Morgan fingerprint density at radius 3 is 3.00 bits per heavy atom. The molecule has 1 heterocycles. The number of ether oxygens (including phenoxy) is 1. The molecule has 6 nitrogen and oxygen atoms in total. The van der Waals surface area contributed by atoms with Crippen LogP contribution in [0.25, 0.3) is 5.69 Å². The van der Waals surface area contributed by atoms with Crippen molar-refractivity contribution < 1.29 is 9.53 Å². The van der Waals surface area contributed by atoms with Gasteiger partial charge in [0.25, 0.3) is 0 Å². The van der Waals surface area contributed by atoms with Gasteiger partial charge in [-0.3, -0.25) is 4.79 Å². The molecule has 2 aromatic rings. The van der Waals surface area contributed by atoms with Gasteiger partial charge < -0.3 is 4.74 Å². The van der Waals surface area contributed by atoms with E-state index < -0.39 is 0 Å². The second-order valence-electron chi connectivity index (χ2n) is 4.35. The van der Waals surface area contributed by atoms with E-state index >= 15 is 0 Å². The van der Waals surface area contributed by atoms with Gasteiger partial charge in [0.2, 0.25) is 0 Å². The van der Waals surface area contributed by atoms with Crippen LogP contribution in [0, 0.1) is 5.92 Å². The molecular formula is C12H12N4O2. The van der Waals surface area contributed by atoms with Crippen LogP contribution < -0.4 is 4.74 Å². The maximum Gasteiger partial charge on any atom is 0.153 e. The molecule has 92 valence electrons. The van der Waals surface area contributed by atoms with E-state index in [9.17, 15) is 4.79 Å². The predicted octanol–water partition coefficient (Wildman–Crippen LogP) is 1.26. The summed E-state index contributed by atoms with van der Waals surface area (Å²) >= 11 is 0. The van der Waals surface area contributed by atoms with Crippen molar-refractivity contribution in [3.05, 3.63) is 30.1 Å². The second kappa shape index (κ2) is 4.56. The molecule has 1 aromatic heterocycles. The van der Waals surface area contributed by atoms with Gasteiger partial charge in [-0.1, -0.05) is 0 Å². The summed E-state index contributed by atoms with van der Waals surface area (Å²) in [6.07, 6.45) is 4.71. The fourth-order valence-electron chi connectivity index (χ4n) is 1.67. The van der Waals surface area contributed by atoms with Crippen LogP contribution in [0.15, 0.2) is 24.5 Å². The standard InChI is InChI=1S/C12H12N4O2/c17-6-10-5-11(16-8-13-14-15-16)3-4-12(10)18-7-9-1-2-9/h3-6,8-9H,1-2,7H2. The summed E-state index contributed by atoms with van der Waals surface area (Å²) < 4.78 is 7.13. The first-order chi connectivity index (χ1) is 8.86. The lowest BCUT2D eigenvalue weighted by atomic mass is 10.2. The zero-order valence-corrected chi connectivity index (χ0v) is 9.69. The molecule has 1 fully saturated rings. The van der Waals surface area contributed by atoms with Crippen molar-refractivity contribution in [3.63, 3.8) is 0 Å². The topological polar surface area (TPSA) is 69.9 Å². The van der Waals surface area contributed by atoms with Gasteiger partial charge in [0.1, 0.15) is 12.1 Å². The Morgan fingerprint density at radius 2 is 2.33 bits per heavy atom. The van der Waals surface area contributed by atoms with Crippen LogP contribution in [0.5, 0.6) is 5.75 Å². The Kier molecular flexibility index (Phi) is 2.76. The average Bonchev–Trinajstić information content (AvgIpc) is 3.08. The van der Waals surface area contributed by atoms with Crippen LogP contribution in [-0.2, 0) is 0 Å². The van der Waals surface area contributed by atoms with Gasteiger partial charge in [0.05, 0.1) is 17.9 Å². The molecule has 18 heavy (non-hydrogen) atoms. The number of aromatic nitrogens is 4. The summed E-state index contributed by atoms with van der Waals surface area (Å²) in [4.78, 5) is 11.1. The lowest BCUT2D eigenvalue weighted by Crippen LogP contribution is -2.03. The summed E-state index contributed by atoms with van der Waals surface area (Å²) in [5.41, 5.74) is 1.25. The number of hydrogen-bond acceptors (Lipinski definition) is 5. The molecule has 1 saturated carbocycles. The minimum Gasteiger partial charge on any atom is -0.493 e. The SMILES string of the molecule is O=Cc1cc(-n2cnnn2)ccc1OCC1CC1. The normalized spacial score (nSPS) is 14.4. The van der Waals surface area contributed by atoms with Crippen molar-refractivity contribution in [1.29, 1.82) is 0 Å². The van der Waals surface area contributed by atoms with E-state index in [1.54, 1.807) is 12.1 Å². The van der Waals surface area contributed by atoms with Crippen LogP contribution >= 0.6 is 0 Å². The second-order valence-corrected chi connectivity index (χ2v) is 4.35. The number of hydrogen-bond donors (Lipinski definition) is 0. The molecule has 1 aliphatic rings. The monoisotopic (exact) mass is 244 g/mol. The molecule has 0 radical (unpaired) electrons. The number of nitrogens with zero attached hydrogens (tertiary/aromatic N) is 4. The zero-order valence-electron chi connectivity index (χ0n) is 9.69. The highest BCUT2D eigenvalue weighted by Crippen LogP contribution is 2.30. The van der Waals surface area contributed by atoms with Crippen LogP contribution in [0.4, 0.5) is 0 Å². The number of aldehydes is 1. The van der Waals surface area contributed by atoms with E-state index in [4.69, 9.17) is 4.74 Å². The highest BCUT2D eigenvalue weighted by atomic mass is 16.5. The fraction of sp³-hybridized carbons (Fsp3) is 0.333. The van der Waals surface area contributed by atoms with E-state index in [2.05, 4.69) is 15.5 Å². The maximum absolute atomic E-state index is 11.1. The molecule has 0 unspecified atom stereocenters. The third-order valence-electron chi connectivity index (χ3n) is 2.91. The van der Waals surface area contributed by atoms with Crippen molar-refractivity contribution in [2.75, 3.05) is 6.61 Å². The van der Waals surface area contributed by atoms with E-state index in [-0.39, 0.29) is 0 Å². The van der Waals surface area contributed by atoms with Crippen LogP contribution in [0.3, 0.4) is 0 Å². The Balaban J connectivity index is 1.84. The van der Waals surface area contributed by atoms with Crippen molar-refractivity contribution in [3.8, 4) is 11.4 Å². The molecule has 0 amide bonds. The first-order valence-corrected chi connectivity index (χ1v) is 5.82. The predicted molar refractivity (Wildman–Crippen MR) is 62.8 cm³/mol. The summed E-state index contributed by atoms with van der Waals surface area (Å²) in [7, 11) is 0. The summed E-state index contributed by atoms with van der Waals surface area (Å²) in [6.45, 7) is 0.686. The largest absolute Gasteiger partial charge is 0.493 e. The first-order valence-electron chi connectivity index (χ1n) is 5.82. The molecular weight excluding hydrogens is 232 g/mol. The van der Waals surface area contributed by atoms with Crippen LogP contribution in [0.1, 0.15) is 23.2 Å². The fourth-order valence-corrected chi connectivity index (χ4v) is 1.67. The molecule has 6 heteroatoms. The third-order valence-corrected chi connectivity index (χ3v) is 2.91. The third kappa shape index (κ3) is 2.22. The zero-order chi connectivity index (χ0) is 12.4. The maximum atomic E-state index is 11.1. The van der Waals surface area contributed by atoms with E-state index in [1.165, 1.54) is 23.9 Å². The molecule has 0 N–H and O–H groups in total. The molecule has 1 aromatic carbocycles. The molecule has 0 saturated heterocycles. The molecule has 0 atom stereocenters. The minimum absolute atomic E-state index is 0.517. The van der Waals surface area contributed by atoms with Gasteiger partial charge in [-0.2, -0.15) is 0 Å². The van der Waals surface area contributed by atoms with Gasteiger partial charge in [-0.25, -0.2) is 4.68 Å². The van der Waals surface area contributed by atoms with Gasteiger partial charge in [0, 0.05) is 0 Å². The first kappa shape index (κ1) is 10.9. The number of carbonyl (C=O) groups is 1. The Hall–Kier alpha value is -2.24. The molecule has 0 spiro atoms. The Morgan fingerprint density at radius 1 is 1.44 bits per heavy atom. The summed E-state index contributed by atoms with van der Waals surface area (Å²) in [6, 6.07) is 5.32. The van der Waals surface area contributed by atoms with E-state index in [1.807, 2.05) is 6.07 Å². The molecule has 3 rings (SSSR count). The van der Waals surface area contributed by atoms with Gasteiger partial charge in [-0.05, 0) is 47.4 Å². The molecule has 0 bridgehead atoms. The Labute approximate surface area is 104 Å². The average molecular weight is 244 g/mol. The van der Waals surface area contributed by atoms with Crippen molar-refractivity contribution in [2.45, 2.75) is 12.8 Å². The van der Waals surface area contributed by atoms with Gasteiger partial charge >= 0.3 is 0 Å². The number of rotatable bonds is 5. The van der Waals surface area contributed by atoms with Gasteiger partial charge in [0.15, 0.2) is 6.29 Å². The van der Waals surface area contributed by atoms with Crippen LogP contribution in [-0.4, -0.2) is 33.1 Å². The lowest BCUT2D eigenvalue weighted by Gasteiger charge is -2.09. The summed E-state index contributed by atoms with van der Waals surface area (Å²) in [5.74, 6) is 1.28. The summed E-state index contributed by atoms with van der Waals surface area (Å²) in [5, 5.41) is 10.9. The van der Waals surface area contributed by atoms with E-state index in [0.717, 1.165) is 12.0 Å². The van der Waals surface area contributed by atoms with Crippen molar-refractivity contribution >= 4 is 6.29 Å². The van der Waals surface area contributed by atoms with E-state index in [0.29, 0.717) is 23.8 Å². The smallest absolute Gasteiger partial charge is 0.153 e. The minimum atomic E-state index is 0.517. The van der Waals surface area contributed by atoms with Crippen LogP contribution in [0.2, 0.25) is 0 Å². The molecule has 0 aliphatic heterocycles. The van der Waals surface area contributed by atoms with Crippen molar-refractivity contribution in [1.82, 2.24) is 20.2 Å². The molecule has 1 aliphatic carbocycles. The number of carbonyl (C=O) groups excluding carboxylic acids is 1. The van der Waals surface area contributed by atoms with Gasteiger partial charge in [-0.15, -0.1) is 5.10 Å². The lowest BCUT2D eigenvalue weighted by molar-refractivity contribution is 0.111. The number of tetrazole rings is 1. The Bertz CT molecular complexity index is 549. The van der Waals surface area contributed by atoms with Crippen molar-refractivity contribution in [2.24, 2.45) is 5.92 Å². The number of benzene rings is 1. The quantitative estimate of drug-likeness (QED) is 0.740.